The number of aliphatic hydroxyl groups is 1. The summed E-state index contributed by atoms with van der Waals surface area (Å²) in [6, 6.07) is 13.7. The molecule has 2 aromatic rings. The zero-order valence-electron chi connectivity index (χ0n) is 8.40. The summed E-state index contributed by atoms with van der Waals surface area (Å²) >= 11 is 2.03. The molecule has 2 aromatic carbocycles. The molecule has 2 rings (SSSR count). The van der Waals surface area contributed by atoms with Crippen molar-refractivity contribution in [1.82, 2.24) is 0 Å². The fourth-order valence-electron chi connectivity index (χ4n) is 1.54. The Morgan fingerprint density at radius 3 is 2.38 bits per heavy atom. The van der Waals surface area contributed by atoms with Gasteiger partial charge in [0.15, 0.2) is 0 Å². The van der Waals surface area contributed by atoms with Crippen molar-refractivity contribution in [2.75, 3.05) is 0 Å². The predicted octanol–water partition coefficient (Wildman–Crippen LogP) is 3.51. The third kappa shape index (κ3) is 2.41. The Kier molecular flexibility index (Phi) is 3.56. The lowest BCUT2D eigenvalue weighted by Crippen LogP contribution is -2.02. The largest absolute Gasteiger partial charge is 0.384 e. The Labute approximate surface area is 107 Å². The third-order valence-corrected chi connectivity index (χ3v) is 3.31. The normalized spacial score (nSPS) is 12.4. The van der Waals surface area contributed by atoms with Crippen LogP contribution in [0.2, 0.25) is 0 Å². The maximum atomic E-state index is 12.9. The predicted molar refractivity (Wildman–Crippen MR) is 69.6 cm³/mol. The molecule has 0 radical (unpaired) electrons. The van der Waals surface area contributed by atoms with Crippen LogP contribution in [0.3, 0.4) is 0 Å². The number of hydrogen-bond acceptors (Lipinski definition) is 1. The highest BCUT2D eigenvalue weighted by Crippen LogP contribution is 2.26. The van der Waals surface area contributed by atoms with E-state index in [1.54, 1.807) is 6.07 Å². The maximum absolute atomic E-state index is 12.9. The molecule has 1 nitrogen and oxygen atoms in total. The van der Waals surface area contributed by atoms with Gasteiger partial charge in [0.1, 0.15) is 11.9 Å². The highest BCUT2D eigenvalue weighted by molar-refractivity contribution is 14.1. The van der Waals surface area contributed by atoms with Crippen molar-refractivity contribution >= 4 is 22.6 Å². The van der Waals surface area contributed by atoms with Crippen LogP contribution in [0.1, 0.15) is 17.2 Å². The molecule has 0 amide bonds. The van der Waals surface area contributed by atoms with Crippen LogP contribution in [0.5, 0.6) is 0 Å². The minimum absolute atomic E-state index is 0.284. The highest BCUT2D eigenvalue weighted by atomic mass is 127. The summed E-state index contributed by atoms with van der Waals surface area (Å²) in [5.74, 6) is -0.284. The van der Waals surface area contributed by atoms with Crippen LogP contribution < -0.4 is 0 Å². The third-order valence-electron chi connectivity index (χ3n) is 2.37. The van der Waals surface area contributed by atoms with E-state index in [4.69, 9.17) is 0 Å². The van der Waals surface area contributed by atoms with Crippen LogP contribution in [0.25, 0.3) is 0 Å². The van der Waals surface area contributed by atoms with Crippen LogP contribution in [0, 0.1) is 9.39 Å². The van der Waals surface area contributed by atoms with E-state index in [-0.39, 0.29) is 5.82 Å². The van der Waals surface area contributed by atoms with Crippen LogP contribution in [-0.4, -0.2) is 5.11 Å². The van der Waals surface area contributed by atoms with E-state index in [0.717, 1.165) is 14.7 Å². The highest BCUT2D eigenvalue weighted by Gasteiger charge is 2.13. The molecule has 3 heteroatoms. The molecule has 0 aliphatic heterocycles. The monoisotopic (exact) mass is 328 g/mol. The molecule has 16 heavy (non-hydrogen) atoms. The molecular formula is C13H10FIO. The van der Waals surface area contributed by atoms with Gasteiger partial charge in [0, 0.05) is 3.57 Å². The van der Waals surface area contributed by atoms with Crippen molar-refractivity contribution in [3.8, 4) is 0 Å². The number of benzene rings is 2. The topological polar surface area (TPSA) is 20.2 Å². The molecule has 1 atom stereocenters. The fraction of sp³-hybridized carbons (Fsp3) is 0.0769. The minimum Gasteiger partial charge on any atom is -0.384 e. The van der Waals surface area contributed by atoms with Gasteiger partial charge >= 0.3 is 0 Å². The molecule has 0 saturated carbocycles. The van der Waals surface area contributed by atoms with Crippen molar-refractivity contribution < 1.29 is 9.50 Å². The summed E-state index contributed by atoms with van der Waals surface area (Å²) in [5, 5.41) is 10.1. The Balaban J connectivity index is 2.38. The average Bonchev–Trinajstić information content (AvgIpc) is 2.29. The summed E-state index contributed by atoms with van der Waals surface area (Å²) in [6.07, 6.45) is -0.700. The van der Waals surface area contributed by atoms with Gasteiger partial charge < -0.3 is 5.11 Å². The second-order valence-corrected chi connectivity index (χ2v) is 4.64. The van der Waals surface area contributed by atoms with Crippen molar-refractivity contribution in [1.29, 1.82) is 0 Å². The van der Waals surface area contributed by atoms with E-state index >= 15 is 0 Å². The van der Waals surface area contributed by atoms with E-state index in [2.05, 4.69) is 0 Å². The molecule has 1 N–H and O–H groups in total. The van der Waals surface area contributed by atoms with Gasteiger partial charge in [-0.25, -0.2) is 4.39 Å². The smallest absolute Gasteiger partial charge is 0.124 e. The fourth-order valence-corrected chi connectivity index (χ4v) is 2.31. The van der Waals surface area contributed by atoms with Crippen molar-refractivity contribution in [2.45, 2.75) is 6.10 Å². The van der Waals surface area contributed by atoms with Gasteiger partial charge in [-0.3, -0.25) is 0 Å². The molecule has 0 aromatic heterocycles. The molecule has 0 fully saturated rings. The van der Waals surface area contributed by atoms with E-state index in [9.17, 15) is 9.50 Å². The lowest BCUT2D eigenvalue weighted by atomic mass is 10.0. The van der Waals surface area contributed by atoms with Crippen LogP contribution in [0.15, 0.2) is 48.5 Å². The average molecular weight is 328 g/mol. The van der Waals surface area contributed by atoms with Gasteiger partial charge in [-0.1, -0.05) is 36.4 Å². The Morgan fingerprint density at radius 2 is 1.75 bits per heavy atom. The van der Waals surface area contributed by atoms with Crippen molar-refractivity contribution in [2.24, 2.45) is 0 Å². The minimum atomic E-state index is -0.700. The lowest BCUT2D eigenvalue weighted by Gasteiger charge is -2.13. The molecule has 0 aliphatic rings. The Hall–Kier alpha value is -0.940. The first-order valence-corrected chi connectivity index (χ1v) is 5.94. The van der Waals surface area contributed by atoms with E-state index in [1.807, 2.05) is 52.9 Å². The first kappa shape index (κ1) is 11.5. The van der Waals surface area contributed by atoms with Gasteiger partial charge in [0.25, 0.3) is 0 Å². The van der Waals surface area contributed by atoms with Crippen LogP contribution in [0.4, 0.5) is 4.39 Å². The molecular weight excluding hydrogens is 318 g/mol. The quantitative estimate of drug-likeness (QED) is 0.837. The van der Waals surface area contributed by atoms with E-state index < -0.39 is 6.10 Å². The van der Waals surface area contributed by atoms with Gasteiger partial charge in [-0.15, -0.1) is 0 Å². The van der Waals surface area contributed by atoms with Crippen LogP contribution in [-0.2, 0) is 0 Å². The second-order valence-electron chi connectivity index (χ2n) is 3.48. The molecule has 0 bridgehead atoms. The van der Waals surface area contributed by atoms with E-state index in [1.165, 1.54) is 12.1 Å². The SMILES string of the molecule is OC(c1ccccc1)c1ccc(F)cc1I. The standard InChI is InChI=1S/C13H10FIO/c14-10-6-7-11(12(15)8-10)13(16)9-4-2-1-3-5-9/h1-8,13,16H. The summed E-state index contributed by atoms with van der Waals surface area (Å²) in [4.78, 5) is 0. The maximum Gasteiger partial charge on any atom is 0.124 e. The number of rotatable bonds is 2. The molecule has 82 valence electrons. The van der Waals surface area contributed by atoms with Gasteiger partial charge in [-0.2, -0.15) is 0 Å². The number of hydrogen-bond donors (Lipinski definition) is 1. The van der Waals surface area contributed by atoms with Gasteiger partial charge in [0.05, 0.1) is 0 Å². The summed E-state index contributed by atoms with van der Waals surface area (Å²) in [6.45, 7) is 0. The molecule has 0 heterocycles. The Bertz CT molecular complexity index is 485. The zero-order chi connectivity index (χ0) is 11.5. The van der Waals surface area contributed by atoms with Crippen molar-refractivity contribution in [3.63, 3.8) is 0 Å². The number of halogens is 2. The molecule has 0 saturated heterocycles. The van der Waals surface area contributed by atoms with Crippen molar-refractivity contribution in [3.05, 3.63) is 69.0 Å². The zero-order valence-corrected chi connectivity index (χ0v) is 10.6. The first-order chi connectivity index (χ1) is 7.68. The summed E-state index contributed by atoms with van der Waals surface area (Å²) in [7, 11) is 0. The van der Waals surface area contributed by atoms with Crippen LogP contribution >= 0.6 is 22.6 Å². The van der Waals surface area contributed by atoms with Gasteiger partial charge in [0.2, 0.25) is 0 Å². The second kappa shape index (κ2) is 4.93. The molecule has 0 spiro atoms. The first-order valence-electron chi connectivity index (χ1n) is 4.86. The van der Waals surface area contributed by atoms with E-state index in [0.29, 0.717) is 0 Å². The summed E-state index contributed by atoms with van der Waals surface area (Å²) in [5.41, 5.74) is 1.54. The number of aliphatic hydroxyl groups excluding tert-OH is 1. The molecule has 0 aliphatic carbocycles. The Morgan fingerprint density at radius 1 is 1.06 bits per heavy atom. The van der Waals surface area contributed by atoms with Gasteiger partial charge in [-0.05, 0) is 45.9 Å². The lowest BCUT2D eigenvalue weighted by molar-refractivity contribution is 0.219. The summed E-state index contributed by atoms with van der Waals surface area (Å²) < 4.78 is 13.7. The molecule has 1 unspecified atom stereocenters.